The molecule has 0 aliphatic rings. The van der Waals surface area contributed by atoms with Crippen molar-refractivity contribution in [2.24, 2.45) is 7.05 Å². The molecule has 0 saturated carbocycles. The van der Waals surface area contributed by atoms with Crippen LogP contribution in [0.4, 0.5) is 0 Å². The zero-order valence-corrected chi connectivity index (χ0v) is 13.6. The van der Waals surface area contributed by atoms with Crippen LogP contribution < -0.4 is 0 Å². The molecule has 1 heterocycles. The number of hydrogen-bond acceptors (Lipinski definition) is 3. The van der Waals surface area contributed by atoms with Crippen LogP contribution in [0.1, 0.15) is 25.1 Å². The molecule has 0 aliphatic carbocycles. The second kappa shape index (κ2) is 5.99. The van der Waals surface area contributed by atoms with Crippen molar-refractivity contribution in [3.63, 3.8) is 0 Å². The van der Waals surface area contributed by atoms with Crippen LogP contribution in [-0.2, 0) is 23.6 Å². The summed E-state index contributed by atoms with van der Waals surface area (Å²) in [6, 6.07) is 9.48. The van der Waals surface area contributed by atoms with Gasteiger partial charge < -0.3 is 0 Å². The van der Waals surface area contributed by atoms with Gasteiger partial charge in [0.2, 0.25) is 10.0 Å². The summed E-state index contributed by atoms with van der Waals surface area (Å²) >= 11 is 0. The molecular weight excluding hydrogens is 286 g/mol. The first-order chi connectivity index (χ1) is 9.82. The van der Waals surface area contributed by atoms with Gasteiger partial charge in [-0.2, -0.15) is 9.40 Å². The van der Waals surface area contributed by atoms with Crippen LogP contribution in [0.2, 0.25) is 0 Å². The van der Waals surface area contributed by atoms with Gasteiger partial charge in [0.1, 0.15) is 4.90 Å². The highest BCUT2D eigenvalue weighted by molar-refractivity contribution is 7.89. The Balaban J connectivity index is 2.40. The molecule has 1 aromatic carbocycles. The Kier molecular flexibility index (Phi) is 4.49. The third-order valence-electron chi connectivity index (χ3n) is 3.31. The van der Waals surface area contributed by atoms with E-state index in [4.69, 9.17) is 0 Å². The third kappa shape index (κ3) is 3.33. The van der Waals surface area contributed by atoms with Crippen molar-refractivity contribution < 1.29 is 8.42 Å². The first-order valence-electron chi connectivity index (χ1n) is 6.88. The van der Waals surface area contributed by atoms with Crippen molar-refractivity contribution in [3.8, 4) is 0 Å². The Morgan fingerprint density at radius 2 is 1.86 bits per heavy atom. The van der Waals surface area contributed by atoms with Crippen LogP contribution in [-0.4, -0.2) is 28.5 Å². The lowest BCUT2D eigenvalue weighted by Crippen LogP contribution is -2.36. The maximum Gasteiger partial charge on any atom is 0.247 e. The summed E-state index contributed by atoms with van der Waals surface area (Å²) in [6.45, 7) is 5.83. The smallest absolute Gasteiger partial charge is 0.247 e. The number of nitrogens with zero attached hydrogens (tertiary/aromatic N) is 3. The van der Waals surface area contributed by atoms with Crippen molar-refractivity contribution in [1.29, 1.82) is 0 Å². The minimum absolute atomic E-state index is 0.130. The lowest BCUT2D eigenvalue weighted by atomic mass is 10.2. The average molecular weight is 307 g/mol. The number of rotatable bonds is 5. The lowest BCUT2D eigenvalue weighted by molar-refractivity contribution is 0.348. The summed E-state index contributed by atoms with van der Waals surface area (Å²) in [5.41, 5.74) is 1.49. The molecule has 0 N–H and O–H groups in total. The van der Waals surface area contributed by atoms with Crippen LogP contribution in [0, 0.1) is 6.92 Å². The summed E-state index contributed by atoms with van der Waals surface area (Å²) in [5.74, 6) is 0. The molecule has 0 bridgehead atoms. The Morgan fingerprint density at radius 1 is 1.24 bits per heavy atom. The van der Waals surface area contributed by atoms with Crippen LogP contribution in [0.5, 0.6) is 0 Å². The largest absolute Gasteiger partial charge is 0.274 e. The van der Waals surface area contributed by atoms with Gasteiger partial charge in [0.25, 0.3) is 0 Å². The summed E-state index contributed by atoms with van der Waals surface area (Å²) in [4.78, 5) is 0.273. The number of benzene rings is 1. The molecule has 0 saturated heterocycles. The van der Waals surface area contributed by atoms with E-state index in [1.54, 1.807) is 20.2 Å². The molecule has 0 amide bonds. The fourth-order valence-corrected chi connectivity index (χ4v) is 4.09. The zero-order chi connectivity index (χ0) is 15.6. The van der Waals surface area contributed by atoms with Gasteiger partial charge in [-0.3, -0.25) is 4.68 Å². The normalized spacial score (nSPS) is 12.3. The van der Waals surface area contributed by atoms with Crippen LogP contribution >= 0.6 is 0 Å². The van der Waals surface area contributed by atoms with Crippen LogP contribution in [0.25, 0.3) is 0 Å². The molecular formula is C15H21N3O2S. The molecule has 21 heavy (non-hydrogen) atoms. The van der Waals surface area contributed by atoms with E-state index in [0.717, 1.165) is 5.56 Å². The van der Waals surface area contributed by atoms with Crippen molar-refractivity contribution in [2.45, 2.75) is 38.3 Å². The third-order valence-corrected chi connectivity index (χ3v) is 5.44. The first kappa shape index (κ1) is 15.7. The number of aryl methyl sites for hydroxylation is 2. The average Bonchev–Trinajstić information content (AvgIpc) is 2.76. The molecule has 0 spiro atoms. The summed E-state index contributed by atoms with van der Waals surface area (Å²) in [7, 11) is -1.83. The maximum atomic E-state index is 12.9. The fourth-order valence-electron chi connectivity index (χ4n) is 2.27. The molecule has 114 valence electrons. The SMILES string of the molecule is Cc1nn(C)cc1S(=O)(=O)N(Cc1ccccc1)C(C)C. The molecule has 0 atom stereocenters. The fraction of sp³-hybridized carbons (Fsp3) is 0.400. The predicted octanol–water partition coefficient (Wildman–Crippen LogP) is 2.33. The van der Waals surface area contributed by atoms with E-state index in [1.165, 1.54) is 8.99 Å². The Hall–Kier alpha value is -1.66. The number of aromatic nitrogens is 2. The second-order valence-electron chi connectivity index (χ2n) is 5.38. The van der Waals surface area contributed by atoms with Gasteiger partial charge in [0.15, 0.2) is 0 Å². The van der Waals surface area contributed by atoms with Gasteiger partial charge in [-0.1, -0.05) is 30.3 Å². The highest BCUT2D eigenvalue weighted by atomic mass is 32.2. The lowest BCUT2D eigenvalue weighted by Gasteiger charge is -2.25. The standard InChI is InChI=1S/C15H21N3O2S/c1-12(2)18(10-14-8-6-5-7-9-14)21(19,20)15-11-17(4)16-13(15)3/h5-9,11-12H,10H2,1-4H3. The number of sulfonamides is 1. The molecule has 0 fully saturated rings. The van der Waals surface area contributed by atoms with E-state index in [0.29, 0.717) is 12.2 Å². The van der Waals surface area contributed by atoms with E-state index in [1.807, 2.05) is 44.2 Å². The summed E-state index contributed by atoms with van der Waals surface area (Å²) in [6.07, 6.45) is 1.56. The minimum Gasteiger partial charge on any atom is -0.274 e. The van der Waals surface area contributed by atoms with E-state index < -0.39 is 10.0 Å². The van der Waals surface area contributed by atoms with Gasteiger partial charge in [0.05, 0.1) is 5.69 Å². The van der Waals surface area contributed by atoms with Crippen molar-refractivity contribution >= 4 is 10.0 Å². The van der Waals surface area contributed by atoms with E-state index in [9.17, 15) is 8.42 Å². The van der Waals surface area contributed by atoms with Crippen molar-refractivity contribution in [1.82, 2.24) is 14.1 Å². The topological polar surface area (TPSA) is 55.2 Å². The van der Waals surface area contributed by atoms with E-state index in [2.05, 4.69) is 5.10 Å². The second-order valence-corrected chi connectivity index (χ2v) is 7.24. The van der Waals surface area contributed by atoms with Crippen LogP contribution in [0.3, 0.4) is 0 Å². The molecule has 6 heteroatoms. The van der Waals surface area contributed by atoms with Gasteiger partial charge in [-0.15, -0.1) is 0 Å². The maximum absolute atomic E-state index is 12.9. The van der Waals surface area contributed by atoms with E-state index >= 15 is 0 Å². The summed E-state index contributed by atoms with van der Waals surface area (Å²) in [5, 5.41) is 4.14. The molecule has 2 aromatic rings. The van der Waals surface area contributed by atoms with Gasteiger partial charge in [-0.25, -0.2) is 8.42 Å². The number of hydrogen-bond donors (Lipinski definition) is 0. The molecule has 0 aliphatic heterocycles. The molecule has 0 unspecified atom stereocenters. The zero-order valence-electron chi connectivity index (χ0n) is 12.8. The highest BCUT2D eigenvalue weighted by Crippen LogP contribution is 2.22. The predicted molar refractivity (Wildman–Crippen MR) is 82.3 cm³/mol. The molecule has 0 radical (unpaired) electrons. The first-order valence-corrected chi connectivity index (χ1v) is 8.32. The Morgan fingerprint density at radius 3 is 2.33 bits per heavy atom. The molecule has 1 aromatic heterocycles. The van der Waals surface area contributed by atoms with Crippen molar-refractivity contribution in [2.75, 3.05) is 0 Å². The van der Waals surface area contributed by atoms with E-state index in [-0.39, 0.29) is 10.9 Å². The van der Waals surface area contributed by atoms with Gasteiger partial charge in [0, 0.05) is 25.8 Å². The Labute approximate surface area is 126 Å². The molecule has 5 nitrogen and oxygen atoms in total. The Bertz CT molecular complexity index is 706. The minimum atomic E-state index is -3.56. The van der Waals surface area contributed by atoms with Crippen LogP contribution in [0.15, 0.2) is 41.4 Å². The van der Waals surface area contributed by atoms with Gasteiger partial charge >= 0.3 is 0 Å². The quantitative estimate of drug-likeness (QED) is 0.852. The van der Waals surface area contributed by atoms with Gasteiger partial charge in [-0.05, 0) is 26.3 Å². The van der Waals surface area contributed by atoms with Crippen molar-refractivity contribution in [3.05, 3.63) is 47.8 Å². The summed E-state index contributed by atoms with van der Waals surface area (Å²) < 4.78 is 28.8. The highest BCUT2D eigenvalue weighted by Gasteiger charge is 2.30. The molecule has 2 rings (SSSR count). The monoisotopic (exact) mass is 307 g/mol.